The normalized spacial score (nSPS) is 10.4. The number of ether oxygens (including phenoxy) is 1. The molecule has 0 aliphatic carbocycles. The molecule has 0 atom stereocenters. The van der Waals surface area contributed by atoms with E-state index in [1.165, 1.54) is 6.92 Å². The standard InChI is InChI=1S/C18H15NO3/c1-13(20)14-7-9-16(10-8-14)21-12-17-11-18(19-22-17)15-5-3-2-4-6-15/h2-11H,12H2,1H3. The van der Waals surface area contributed by atoms with Crippen molar-refractivity contribution in [1.29, 1.82) is 0 Å². The first-order valence-electron chi connectivity index (χ1n) is 6.97. The van der Waals surface area contributed by atoms with Crippen LogP contribution in [-0.2, 0) is 6.61 Å². The van der Waals surface area contributed by atoms with Crippen LogP contribution in [0.4, 0.5) is 0 Å². The monoisotopic (exact) mass is 293 g/mol. The van der Waals surface area contributed by atoms with Crippen LogP contribution < -0.4 is 4.74 Å². The maximum atomic E-state index is 11.2. The van der Waals surface area contributed by atoms with Gasteiger partial charge in [-0.3, -0.25) is 4.79 Å². The molecule has 110 valence electrons. The van der Waals surface area contributed by atoms with Crippen molar-refractivity contribution in [2.24, 2.45) is 0 Å². The van der Waals surface area contributed by atoms with E-state index in [0.717, 1.165) is 11.3 Å². The van der Waals surface area contributed by atoms with Gasteiger partial charge in [0.05, 0.1) is 0 Å². The van der Waals surface area contributed by atoms with Crippen molar-refractivity contribution >= 4 is 5.78 Å². The van der Waals surface area contributed by atoms with E-state index in [4.69, 9.17) is 9.26 Å². The molecule has 0 unspecified atom stereocenters. The Balaban J connectivity index is 1.65. The second kappa shape index (κ2) is 6.26. The van der Waals surface area contributed by atoms with Gasteiger partial charge in [-0.1, -0.05) is 35.5 Å². The van der Waals surface area contributed by atoms with Crippen molar-refractivity contribution in [2.75, 3.05) is 0 Å². The van der Waals surface area contributed by atoms with Crippen molar-refractivity contribution < 1.29 is 14.1 Å². The predicted octanol–water partition coefficient (Wildman–Crippen LogP) is 4.12. The molecule has 1 heterocycles. The van der Waals surface area contributed by atoms with E-state index in [1.807, 2.05) is 36.4 Å². The first-order chi connectivity index (χ1) is 10.7. The van der Waals surface area contributed by atoms with Crippen LogP contribution in [0.3, 0.4) is 0 Å². The van der Waals surface area contributed by atoms with E-state index in [1.54, 1.807) is 24.3 Å². The van der Waals surface area contributed by atoms with Gasteiger partial charge in [0.15, 0.2) is 11.5 Å². The number of carbonyl (C=O) groups excluding carboxylic acids is 1. The van der Waals surface area contributed by atoms with Crippen LogP contribution >= 0.6 is 0 Å². The molecule has 4 heteroatoms. The molecule has 22 heavy (non-hydrogen) atoms. The summed E-state index contributed by atoms with van der Waals surface area (Å²) in [7, 11) is 0. The average molecular weight is 293 g/mol. The third-order valence-corrected chi connectivity index (χ3v) is 3.27. The van der Waals surface area contributed by atoms with Gasteiger partial charge < -0.3 is 9.26 Å². The summed E-state index contributed by atoms with van der Waals surface area (Å²) in [4.78, 5) is 11.2. The number of rotatable bonds is 5. The van der Waals surface area contributed by atoms with E-state index in [2.05, 4.69) is 5.16 Å². The molecular weight excluding hydrogens is 278 g/mol. The molecular formula is C18H15NO3. The molecule has 0 amide bonds. The second-order valence-corrected chi connectivity index (χ2v) is 4.91. The van der Waals surface area contributed by atoms with E-state index >= 15 is 0 Å². The number of nitrogens with zero attached hydrogens (tertiary/aromatic N) is 1. The molecule has 0 saturated carbocycles. The van der Waals surface area contributed by atoms with Crippen LogP contribution in [0.15, 0.2) is 65.2 Å². The molecule has 0 aliphatic heterocycles. The summed E-state index contributed by atoms with van der Waals surface area (Å²) in [5, 5.41) is 4.04. The number of ketones is 1. The Morgan fingerprint density at radius 1 is 1.09 bits per heavy atom. The lowest BCUT2D eigenvalue weighted by Crippen LogP contribution is -1.95. The fourth-order valence-corrected chi connectivity index (χ4v) is 2.07. The Kier molecular flexibility index (Phi) is 4.01. The Labute approximate surface area is 128 Å². The zero-order valence-corrected chi connectivity index (χ0v) is 12.2. The van der Waals surface area contributed by atoms with Crippen molar-refractivity contribution in [3.63, 3.8) is 0 Å². The van der Waals surface area contributed by atoms with Gasteiger partial charge in [-0.05, 0) is 31.2 Å². The van der Waals surface area contributed by atoms with Crippen LogP contribution in [0, 0.1) is 0 Å². The summed E-state index contributed by atoms with van der Waals surface area (Å²) < 4.78 is 10.9. The van der Waals surface area contributed by atoms with E-state index < -0.39 is 0 Å². The lowest BCUT2D eigenvalue weighted by Gasteiger charge is -2.03. The number of hydrogen-bond donors (Lipinski definition) is 0. The van der Waals surface area contributed by atoms with Crippen LogP contribution in [0.2, 0.25) is 0 Å². The first kappa shape index (κ1) is 14.1. The van der Waals surface area contributed by atoms with Gasteiger partial charge in [-0.15, -0.1) is 0 Å². The Bertz CT molecular complexity index is 761. The third-order valence-electron chi connectivity index (χ3n) is 3.27. The molecule has 4 nitrogen and oxygen atoms in total. The topological polar surface area (TPSA) is 52.3 Å². The largest absolute Gasteiger partial charge is 0.486 e. The molecule has 0 saturated heterocycles. The summed E-state index contributed by atoms with van der Waals surface area (Å²) in [5.74, 6) is 1.37. The van der Waals surface area contributed by atoms with Crippen molar-refractivity contribution in [3.05, 3.63) is 72.0 Å². The van der Waals surface area contributed by atoms with Crippen molar-refractivity contribution in [1.82, 2.24) is 5.16 Å². The highest BCUT2D eigenvalue weighted by molar-refractivity contribution is 5.94. The minimum absolute atomic E-state index is 0.0364. The molecule has 0 spiro atoms. The van der Waals surface area contributed by atoms with Crippen LogP contribution in [-0.4, -0.2) is 10.9 Å². The smallest absolute Gasteiger partial charge is 0.174 e. The summed E-state index contributed by atoms with van der Waals surface area (Å²) >= 11 is 0. The van der Waals surface area contributed by atoms with Gasteiger partial charge in [0.2, 0.25) is 0 Å². The van der Waals surface area contributed by atoms with Gasteiger partial charge in [0.1, 0.15) is 18.1 Å². The Hall–Kier alpha value is -2.88. The van der Waals surface area contributed by atoms with Crippen molar-refractivity contribution in [2.45, 2.75) is 13.5 Å². The number of hydrogen-bond acceptors (Lipinski definition) is 4. The lowest BCUT2D eigenvalue weighted by atomic mass is 10.1. The maximum absolute atomic E-state index is 11.2. The highest BCUT2D eigenvalue weighted by Gasteiger charge is 2.07. The van der Waals surface area contributed by atoms with Gasteiger partial charge in [0.25, 0.3) is 0 Å². The molecule has 0 aliphatic rings. The SMILES string of the molecule is CC(=O)c1ccc(OCc2cc(-c3ccccc3)no2)cc1. The minimum Gasteiger partial charge on any atom is -0.486 e. The quantitative estimate of drug-likeness (QED) is 0.664. The molecule has 3 rings (SSSR count). The van der Waals surface area contributed by atoms with Gasteiger partial charge in [0, 0.05) is 17.2 Å². The summed E-state index contributed by atoms with van der Waals surface area (Å²) in [6.45, 7) is 1.83. The summed E-state index contributed by atoms with van der Waals surface area (Å²) in [6, 6.07) is 18.7. The Morgan fingerprint density at radius 3 is 2.50 bits per heavy atom. The van der Waals surface area contributed by atoms with E-state index in [-0.39, 0.29) is 5.78 Å². The molecule has 0 fully saturated rings. The van der Waals surface area contributed by atoms with Gasteiger partial charge in [-0.25, -0.2) is 0 Å². The van der Waals surface area contributed by atoms with Gasteiger partial charge >= 0.3 is 0 Å². The first-order valence-corrected chi connectivity index (χ1v) is 6.97. The fraction of sp³-hybridized carbons (Fsp3) is 0.111. The Morgan fingerprint density at radius 2 is 1.82 bits per heavy atom. The molecule has 0 N–H and O–H groups in total. The average Bonchev–Trinajstić information content (AvgIpc) is 3.03. The molecule has 3 aromatic rings. The number of benzene rings is 2. The molecule has 0 radical (unpaired) electrons. The van der Waals surface area contributed by atoms with Gasteiger partial charge in [-0.2, -0.15) is 0 Å². The van der Waals surface area contributed by atoms with Crippen LogP contribution in [0.25, 0.3) is 11.3 Å². The van der Waals surface area contributed by atoms with Crippen LogP contribution in [0.5, 0.6) is 5.75 Å². The van der Waals surface area contributed by atoms with E-state index in [9.17, 15) is 4.79 Å². The molecule has 1 aromatic heterocycles. The number of Topliss-reactive ketones (excluding diaryl/α,β-unsaturated/α-hetero) is 1. The zero-order chi connectivity index (χ0) is 15.4. The fourth-order valence-electron chi connectivity index (χ4n) is 2.07. The number of carbonyl (C=O) groups is 1. The highest BCUT2D eigenvalue weighted by Crippen LogP contribution is 2.20. The minimum atomic E-state index is 0.0364. The van der Waals surface area contributed by atoms with Crippen molar-refractivity contribution in [3.8, 4) is 17.0 Å². The molecule has 0 bridgehead atoms. The maximum Gasteiger partial charge on any atom is 0.174 e. The predicted molar refractivity (Wildman–Crippen MR) is 82.7 cm³/mol. The van der Waals surface area contributed by atoms with E-state index in [0.29, 0.717) is 23.7 Å². The number of aromatic nitrogens is 1. The lowest BCUT2D eigenvalue weighted by molar-refractivity contribution is 0.101. The second-order valence-electron chi connectivity index (χ2n) is 4.91. The zero-order valence-electron chi connectivity index (χ0n) is 12.2. The molecule has 2 aromatic carbocycles. The third kappa shape index (κ3) is 3.23. The highest BCUT2D eigenvalue weighted by atomic mass is 16.5. The summed E-state index contributed by atoms with van der Waals surface area (Å²) in [6.07, 6.45) is 0. The van der Waals surface area contributed by atoms with Crippen LogP contribution in [0.1, 0.15) is 23.0 Å². The summed E-state index contributed by atoms with van der Waals surface area (Å²) in [5.41, 5.74) is 2.45.